The van der Waals surface area contributed by atoms with E-state index in [1.165, 1.54) is 12.8 Å². The number of rotatable bonds is 0. The van der Waals surface area contributed by atoms with Crippen molar-refractivity contribution in [1.29, 1.82) is 0 Å². The maximum atomic E-state index is 10.9. The molecule has 3 heteroatoms. The molecule has 0 amide bonds. The summed E-state index contributed by atoms with van der Waals surface area (Å²) in [5, 5.41) is 0. The fraction of sp³-hybridized carbons (Fsp3) is 0.889. The molecule has 4 aliphatic rings. The molecule has 3 nitrogen and oxygen atoms in total. The Morgan fingerprint density at radius 3 is 2.75 bits per heavy atom. The third kappa shape index (κ3) is 0.692. The molecule has 0 N–H and O–H groups in total. The van der Waals surface area contributed by atoms with Crippen LogP contribution < -0.4 is 0 Å². The van der Waals surface area contributed by atoms with Gasteiger partial charge in [-0.15, -0.1) is 0 Å². The molecule has 2 bridgehead atoms. The third-order valence-corrected chi connectivity index (χ3v) is 3.61. The van der Waals surface area contributed by atoms with Crippen molar-refractivity contribution in [2.24, 2.45) is 5.92 Å². The Morgan fingerprint density at radius 2 is 2.08 bits per heavy atom. The van der Waals surface area contributed by atoms with Crippen molar-refractivity contribution in [3.8, 4) is 0 Å². The Labute approximate surface area is 71.0 Å². The van der Waals surface area contributed by atoms with E-state index >= 15 is 0 Å². The van der Waals surface area contributed by atoms with Gasteiger partial charge in [0.25, 0.3) is 0 Å². The summed E-state index contributed by atoms with van der Waals surface area (Å²) in [5.41, 5.74) is -0.203. The van der Waals surface area contributed by atoms with E-state index in [1.54, 1.807) is 0 Å². The summed E-state index contributed by atoms with van der Waals surface area (Å²) in [6.45, 7) is 0. The van der Waals surface area contributed by atoms with Gasteiger partial charge < -0.3 is 9.47 Å². The Kier molecular flexibility index (Phi) is 1.10. The molecule has 3 saturated carbocycles. The summed E-state index contributed by atoms with van der Waals surface area (Å²) < 4.78 is 10.4. The number of fused-ring (bicyclic) bond motifs is 2. The molecule has 1 spiro atoms. The van der Waals surface area contributed by atoms with Crippen molar-refractivity contribution in [2.75, 3.05) is 0 Å². The van der Waals surface area contributed by atoms with Crippen LogP contribution in [-0.4, -0.2) is 17.9 Å². The minimum absolute atomic E-state index is 0.0810. The van der Waals surface area contributed by atoms with Crippen LogP contribution in [0.3, 0.4) is 0 Å². The van der Waals surface area contributed by atoms with Crippen LogP contribution in [0.1, 0.15) is 32.1 Å². The molecule has 0 aromatic carbocycles. The van der Waals surface area contributed by atoms with Gasteiger partial charge in [0.15, 0.2) is 5.60 Å². The lowest BCUT2D eigenvalue weighted by Gasteiger charge is -2.44. The number of hydrogen-bond donors (Lipinski definition) is 0. The molecule has 0 aromatic rings. The van der Waals surface area contributed by atoms with Crippen LogP contribution in [-0.2, 0) is 9.47 Å². The Morgan fingerprint density at radius 1 is 1.33 bits per heavy atom. The SMILES string of the molecule is O=C1OC2CC3CCC2(CC3)O1. The number of hydrogen-bond acceptors (Lipinski definition) is 3. The second-order valence-corrected chi connectivity index (χ2v) is 4.20. The van der Waals surface area contributed by atoms with Crippen LogP contribution >= 0.6 is 0 Å². The predicted molar refractivity (Wildman–Crippen MR) is 40.7 cm³/mol. The van der Waals surface area contributed by atoms with E-state index in [0.717, 1.165) is 25.2 Å². The first-order chi connectivity index (χ1) is 5.78. The fourth-order valence-electron chi connectivity index (χ4n) is 2.87. The summed E-state index contributed by atoms with van der Waals surface area (Å²) in [7, 11) is 0. The van der Waals surface area contributed by atoms with Gasteiger partial charge in [-0.05, 0) is 38.0 Å². The van der Waals surface area contributed by atoms with Crippen LogP contribution in [0.2, 0.25) is 0 Å². The second-order valence-electron chi connectivity index (χ2n) is 4.20. The zero-order valence-corrected chi connectivity index (χ0v) is 6.91. The maximum absolute atomic E-state index is 10.9. The highest BCUT2D eigenvalue weighted by molar-refractivity contribution is 5.63. The van der Waals surface area contributed by atoms with E-state index in [2.05, 4.69) is 0 Å². The molecule has 1 aliphatic heterocycles. The van der Waals surface area contributed by atoms with E-state index in [4.69, 9.17) is 9.47 Å². The Bertz CT molecular complexity index is 228. The average molecular weight is 168 g/mol. The van der Waals surface area contributed by atoms with Gasteiger partial charge in [-0.3, -0.25) is 0 Å². The minimum atomic E-state index is -0.442. The molecule has 1 unspecified atom stereocenters. The van der Waals surface area contributed by atoms with Crippen molar-refractivity contribution in [1.82, 2.24) is 0 Å². The normalized spacial score (nSPS) is 49.8. The summed E-state index contributed by atoms with van der Waals surface area (Å²) in [6, 6.07) is 0. The minimum Gasteiger partial charge on any atom is -0.427 e. The second kappa shape index (κ2) is 1.95. The quantitative estimate of drug-likeness (QED) is 0.518. The summed E-state index contributed by atoms with van der Waals surface area (Å²) in [5.74, 6) is 0.784. The topological polar surface area (TPSA) is 35.5 Å². The number of carbonyl (C=O) groups excluding carboxylic acids is 1. The van der Waals surface area contributed by atoms with E-state index in [-0.39, 0.29) is 11.7 Å². The smallest absolute Gasteiger partial charge is 0.427 e. The van der Waals surface area contributed by atoms with Crippen molar-refractivity contribution >= 4 is 6.16 Å². The molecule has 12 heavy (non-hydrogen) atoms. The monoisotopic (exact) mass is 168 g/mol. The lowest BCUT2D eigenvalue weighted by molar-refractivity contribution is -0.0644. The maximum Gasteiger partial charge on any atom is 0.509 e. The van der Waals surface area contributed by atoms with E-state index < -0.39 is 6.16 Å². The molecule has 0 radical (unpaired) electrons. The molecule has 3 aliphatic carbocycles. The van der Waals surface area contributed by atoms with Gasteiger partial charge in [-0.2, -0.15) is 0 Å². The summed E-state index contributed by atoms with van der Waals surface area (Å²) in [6.07, 6.45) is 5.15. The van der Waals surface area contributed by atoms with Crippen LogP contribution in [0.15, 0.2) is 0 Å². The zero-order chi connectivity index (χ0) is 8.18. The Balaban J connectivity index is 1.96. The van der Waals surface area contributed by atoms with Crippen LogP contribution in [0.25, 0.3) is 0 Å². The van der Waals surface area contributed by atoms with Gasteiger partial charge >= 0.3 is 6.16 Å². The first-order valence-corrected chi connectivity index (χ1v) is 4.68. The standard InChI is InChI=1S/C9H12O3/c10-8-11-7-5-6-1-3-9(7,12-8)4-2-6/h6-7H,1-5H2. The molecule has 66 valence electrons. The molecule has 1 heterocycles. The van der Waals surface area contributed by atoms with Gasteiger partial charge in [0.1, 0.15) is 6.10 Å². The van der Waals surface area contributed by atoms with Crippen LogP contribution in [0.4, 0.5) is 4.79 Å². The van der Waals surface area contributed by atoms with Gasteiger partial charge in [-0.25, -0.2) is 4.79 Å². The molecular formula is C9H12O3. The highest BCUT2D eigenvalue weighted by Crippen LogP contribution is 2.50. The van der Waals surface area contributed by atoms with Crippen molar-refractivity contribution in [3.63, 3.8) is 0 Å². The fourth-order valence-corrected chi connectivity index (χ4v) is 2.87. The average Bonchev–Trinajstić information content (AvgIpc) is 2.39. The highest BCUT2D eigenvalue weighted by Gasteiger charge is 2.57. The van der Waals surface area contributed by atoms with Crippen molar-refractivity contribution in [3.05, 3.63) is 0 Å². The highest BCUT2D eigenvalue weighted by atomic mass is 16.8. The molecule has 4 fully saturated rings. The lowest BCUT2D eigenvalue weighted by atomic mass is 9.66. The van der Waals surface area contributed by atoms with Gasteiger partial charge in [0.05, 0.1) is 0 Å². The Hall–Kier alpha value is -0.730. The molecule has 0 aromatic heterocycles. The zero-order valence-electron chi connectivity index (χ0n) is 6.91. The molecule has 1 atom stereocenters. The summed E-state index contributed by atoms with van der Waals surface area (Å²) in [4.78, 5) is 10.9. The predicted octanol–water partition coefficient (Wildman–Crippen LogP) is 1.85. The first kappa shape index (κ1) is 6.75. The van der Waals surface area contributed by atoms with E-state index in [1.807, 2.05) is 0 Å². The van der Waals surface area contributed by atoms with E-state index in [9.17, 15) is 4.79 Å². The molecule has 4 rings (SSSR count). The van der Waals surface area contributed by atoms with Gasteiger partial charge in [-0.1, -0.05) is 0 Å². The van der Waals surface area contributed by atoms with Crippen LogP contribution in [0, 0.1) is 5.92 Å². The van der Waals surface area contributed by atoms with Gasteiger partial charge in [0, 0.05) is 0 Å². The van der Waals surface area contributed by atoms with Gasteiger partial charge in [0.2, 0.25) is 0 Å². The molecular weight excluding hydrogens is 156 g/mol. The largest absolute Gasteiger partial charge is 0.509 e. The lowest BCUT2D eigenvalue weighted by Crippen LogP contribution is -2.49. The first-order valence-electron chi connectivity index (χ1n) is 4.68. The van der Waals surface area contributed by atoms with Crippen molar-refractivity contribution < 1.29 is 14.3 Å². The summed E-state index contributed by atoms with van der Waals surface area (Å²) >= 11 is 0. The third-order valence-electron chi connectivity index (χ3n) is 3.61. The molecule has 1 saturated heterocycles. The number of carbonyl (C=O) groups is 1. The van der Waals surface area contributed by atoms with Crippen LogP contribution in [0.5, 0.6) is 0 Å². The van der Waals surface area contributed by atoms with E-state index in [0.29, 0.717) is 0 Å². The number of ether oxygens (including phenoxy) is 2. The van der Waals surface area contributed by atoms with Crippen molar-refractivity contribution in [2.45, 2.75) is 43.8 Å².